The van der Waals surface area contributed by atoms with Gasteiger partial charge in [0.2, 0.25) is 5.91 Å². The average Bonchev–Trinajstić information content (AvgIpc) is 2.67. The van der Waals surface area contributed by atoms with Gasteiger partial charge in [-0.25, -0.2) is 0 Å². The summed E-state index contributed by atoms with van der Waals surface area (Å²) in [7, 11) is 0. The van der Waals surface area contributed by atoms with Crippen molar-refractivity contribution in [3.05, 3.63) is 70.8 Å². The highest BCUT2D eigenvalue weighted by atomic mass is 16.2. The van der Waals surface area contributed by atoms with Crippen molar-refractivity contribution < 1.29 is 9.59 Å². The number of carbonyl (C=O) groups is 2. The van der Waals surface area contributed by atoms with Crippen molar-refractivity contribution in [2.24, 2.45) is 5.92 Å². The fraction of sp³-hybridized carbons (Fsp3) is 0.417. The van der Waals surface area contributed by atoms with Crippen LogP contribution in [0.1, 0.15) is 66.2 Å². The van der Waals surface area contributed by atoms with E-state index in [-0.39, 0.29) is 17.9 Å². The van der Waals surface area contributed by atoms with Crippen molar-refractivity contribution in [3.8, 4) is 0 Å². The minimum Gasteiger partial charge on any atom is -0.348 e. The van der Waals surface area contributed by atoms with E-state index in [0.29, 0.717) is 17.9 Å². The summed E-state index contributed by atoms with van der Waals surface area (Å²) >= 11 is 0. The summed E-state index contributed by atoms with van der Waals surface area (Å²) in [6, 6.07) is 15.2. The molecule has 0 aromatic heterocycles. The van der Waals surface area contributed by atoms with Crippen LogP contribution in [0.2, 0.25) is 0 Å². The van der Waals surface area contributed by atoms with Crippen molar-refractivity contribution >= 4 is 11.8 Å². The average molecular weight is 379 g/mol. The second-order valence-electron chi connectivity index (χ2n) is 8.12. The SMILES string of the molecule is Cc1ccccc1C(=O)NC(CC(C)C)C(=O)NC1CCCc2ccccc21. The van der Waals surface area contributed by atoms with E-state index in [9.17, 15) is 9.59 Å². The Bertz CT molecular complexity index is 844. The molecule has 2 amide bonds. The van der Waals surface area contributed by atoms with Gasteiger partial charge in [0.1, 0.15) is 6.04 Å². The maximum Gasteiger partial charge on any atom is 0.252 e. The van der Waals surface area contributed by atoms with E-state index in [4.69, 9.17) is 0 Å². The van der Waals surface area contributed by atoms with Gasteiger partial charge in [-0.3, -0.25) is 9.59 Å². The molecule has 0 fully saturated rings. The Kier molecular flexibility index (Phi) is 6.50. The van der Waals surface area contributed by atoms with E-state index >= 15 is 0 Å². The lowest BCUT2D eigenvalue weighted by atomic mass is 9.87. The van der Waals surface area contributed by atoms with E-state index < -0.39 is 6.04 Å². The number of rotatable bonds is 6. The van der Waals surface area contributed by atoms with Gasteiger partial charge in [0.15, 0.2) is 0 Å². The zero-order valence-electron chi connectivity index (χ0n) is 17.0. The largest absolute Gasteiger partial charge is 0.348 e. The highest BCUT2D eigenvalue weighted by molar-refractivity contribution is 5.98. The summed E-state index contributed by atoms with van der Waals surface area (Å²) < 4.78 is 0. The van der Waals surface area contributed by atoms with Crippen molar-refractivity contribution in [2.75, 3.05) is 0 Å². The van der Waals surface area contributed by atoms with Gasteiger partial charge >= 0.3 is 0 Å². The molecule has 0 saturated carbocycles. The third kappa shape index (κ3) is 4.80. The minimum atomic E-state index is -0.541. The lowest BCUT2D eigenvalue weighted by Gasteiger charge is -2.29. The number of amides is 2. The summed E-state index contributed by atoms with van der Waals surface area (Å²) in [5, 5.41) is 6.17. The van der Waals surface area contributed by atoms with Crippen LogP contribution in [0.4, 0.5) is 0 Å². The first-order chi connectivity index (χ1) is 13.5. The van der Waals surface area contributed by atoms with E-state index in [0.717, 1.165) is 24.8 Å². The van der Waals surface area contributed by atoms with Crippen LogP contribution in [-0.4, -0.2) is 17.9 Å². The van der Waals surface area contributed by atoms with E-state index in [2.05, 4.69) is 36.6 Å². The van der Waals surface area contributed by atoms with Crippen LogP contribution in [0.3, 0.4) is 0 Å². The second-order valence-corrected chi connectivity index (χ2v) is 8.12. The van der Waals surface area contributed by atoms with Gasteiger partial charge in [-0.2, -0.15) is 0 Å². The van der Waals surface area contributed by atoms with Gasteiger partial charge in [0, 0.05) is 5.56 Å². The van der Waals surface area contributed by atoms with Gasteiger partial charge in [-0.1, -0.05) is 56.3 Å². The van der Waals surface area contributed by atoms with Gasteiger partial charge < -0.3 is 10.6 Å². The molecule has 2 aromatic carbocycles. The molecular formula is C24H30N2O2. The summed E-state index contributed by atoms with van der Waals surface area (Å²) in [6.07, 6.45) is 3.66. The molecule has 0 bridgehead atoms. The van der Waals surface area contributed by atoms with Crippen molar-refractivity contribution in [3.63, 3.8) is 0 Å². The quantitative estimate of drug-likeness (QED) is 0.786. The summed E-state index contributed by atoms with van der Waals surface area (Å²) in [5.74, 6) is 0.00634. The van der Waals surface area contributed by atoms with Crippen molar-refractivity contribution in [1.82, 2.24) is 10.6 Å². The summed E-state index contributed by atoms with van der Waals surface area (Å²) in [5.41, 5.74) is 4.04. The Morgan fingerprint density at radius 3 is 2.54 bits per heavy atom. The molecule has 0 saturated heterocycles. The smallest absolute Gasteiger partial charge is 0.252 e. The van der Waals surface area contributed by atoms with Gasteiger partial charge in [-0.15, -0.1) is 0 Å². The molecule has 148 valence electrons. The lowest BCUT2D eigenvalue weighted by molar-refractivity contribution is -0.124. The zero-order chi connectivity index (χ0) is 20.1. The van der Waals surface area contributed by atoms with Crippen LogP contribution < -0.4 is 10.6 Å². The van der Waals surface area contributed by atoms with Gasteiger partial charge in [0.25, 0.3) is 5.91 Å². The Labute approximate surface area is 167 Å². The standard InChI is InChI=1S/C24H30N2O2/c1-16(2)15-22(26-23(27)19-12-6-4-9-17(19)3)24(28)25-21-14-8-11-18-10-5-7-13-20(18)21/h4-7,9-10,12-13,16,21-22H,8,11,14-15H2,1-3H3,(H,25,28)(H,26,27). The topological polar surface area (TPSA) is 58.2 Å². The lowest BCUT2D eigenvalue weighted by Crippen LogP contribution is -2.48. The first kappa shape index (κ1) is 20.1. The molecule has 3 rings (SSSR count). The Morgan fingerprint density at radius 2 is 1.79 bits per heavy atom. The molecule has 0 radical (unpaired) electrons. The third-order valence-corrected chi connectivity index (χ3v) is 5.40. The van der Waals surface area contributed by atoms with E-state index in [1.165, 1.54) is 11.1 Å². The first-order valence-electron chi connectivity index (χ1n) is 10.2. The van der Waals surface area contributed by atoms with Crippen LogP contribution in [0.25, 0.3) is 0 Å². The summed E-state index contributed by atoms with van der Waals surface area (Å²) in [6.45, 7) is 6.04. The third-order valence-electron chi connectivity index (χ3n) is 5.40. The van der Waals surface area contributed by atoms with Crippen LogP contribution in [0, 0.1) is 12.8 Å². The molecule has 1 aliphatic carbocycles. The molecule has 0 heterocycles. The summed E-state index contributed by atoms with van der Waals surface area (Å²) in [4.78, 5) is 25.8. The Hall–Kier alpha value is -2.62. The molecule has 1 aliphatic rings. The molecule has 2 unspecified atom stereocenters. The van der Waals surface area contributed by atoms with E-state index in [1.807, 2.05) is 37.3 Å². The normalized spacial score (nSPS) is 16.9. The molecule has 0 aliphatic heterocycles. The maximum absolute atomic E-state index is 13.1. The van der Waals surface area contributed by atoms with Crippen LogP contribution in [0.5, 0.6) is 0 Å². The van der Waals surface area contributed by atoms with Gasteiger partial charge in [0.05, 0.1) is 6.04 Å². The Balaban J connectivity index is 1.74. The molecule has 4 nitrogen and oxygen atoms in total. The molecule has 2 atom stereocenters. The molecule has 4 heteroatoms. The maximum atomic E-state index is 13.1. The number of nitrogens with one attached hydrogen (secondary N) is 2. The predicted octanol–water partition coefficient (Wildman–Crippen LogP) is 4.33. The molecule has 0 spiro atoms. The number of hydrogen-bond donors (Lipinski definition) is 2. The highest BCUT2D eigenvalue weighted by Crippen LogP contribution is 2.29. The number of carbonyl (C=O) groups excluding carboxylic acids is 2. The molecule has 2 aromatic rings. The second kappa shape index (κ2) is 9.05. The minimum absolute atomic E-state index is 0.0162. The highest BCUT2D eigenvalue weighted by Gasteiger charge is 2.27. The van der Waals surface area contributed by atoms with Crippen LogP contribution in [0.15, 0.2) is 48.5 Å². The van der Waals surface area contributed by atoms with Crippen LogP contribution >= 0.6 is 0 Å². The number of benzene rings is 2. The Morgan fingerprint density at radius 1 is 1.07 bits per heavy atom. The van der Waals surface area contributed by atoms with Gasteiger partial charge in [-0.05, 0) is 61.3 Å². The van der Waals surface area contributed by atoms with E-state index in [1.54, 1.807) is 6.07 Å². The van der Waals surface area contributed by atoms with Crippen molar-refractivity contribution in [1.29, 1.82) is 0 Å². The predicted molar refractivity (Wildman–Crippen MR) is 112 cm³/mol. The fourth-order valence-electron chi connectivity index (χ4n) is 3.94. The number of hydrogen-bond acceptors (Lipinski definition) is 2. The van der Waals surface area contributed by atoms with Crippen molar-refractivity contribution in [2.45, 2.75) is 58.5 Å². The first-order valence-corrected chi connectivity index (χ1v) is 10.2. The zero-order valence-corrected chi connectivity index (χ0v) is 17.0. The molecule has 28 heavy (non-hydrogen) atoms. The number of aryl methyl sites for hydroxylation is 2. The number of fused-ring (bicyclic) bond motifs is 1. The fourth-order valence-corrected chi connectivity index (χ4v) is 3.94. The molecule has 2 N–H and O–H groups in total. The molecular weight excluding hydrogens is 348 g/mol. The van der Waals surface area contributed by atoms with Crippen LogP contribution in [-0.2, 0) is 11.2 Å². The monoisotopic (exact) mass is 378 g/mol.